The molecule has 124 valence electrons. The lowest BCUT2D eigenvalue weighted by molar-refractivity contribution is 0.0826. The normalized spacial score (nSPS) is 22.8. The molecule has 0 saturated carbocycles. The Bertz CT molecular complexity index is 1040. The molecule has 0 saturated heterocycles. The van der Waals surface area contributed by atoms with Gasteiger partial charge in [0.05, 0.1) is 17.1 Å². The molecule has 2 aliphatic rings. The van der Waals surface area contributed by atoms with Gasteiger partial charge in [-0.05, 0) is 37.6 Å². The fourth-order valence-corrected chi connectivity index (χ4v) is 4.11. The molecule has 0 amide bonds. The van der Waals surface area contributed by atoms with E-state index in [-0.39, 0.29) is 5.41 Å². The minimum Gasteiger partial charge on any atom is -0.459 e. The Balaban J connectivity index is 1.72. The molecule has 1 aromatic heterocycles. The van der Waals surface area contributed by atoms with Gasteiger partial charge in [-0.15, -0.1) is 0 Å². The molecule has 0 fully saturated rings. The largest absolute Gasteiger partial charge is 0.459 e. The van der Waals surface area contributed by atoms with Crippen molar-refractivity contribution < 1.29 is 4.74 Å². The average Bonchev–Trinajstić information content (AvgIpc) is 2.81. The number of ether oxygens (including phenoxy) is 1. The lowest BCUT2D eigenvalue weighted by Gasteiger charge is -2.44. The van der Waals surface area contributed by atoms with Crippen molar-refractivity contribution >= 4 is 28.5 Å². The van der Waals surface area contributed by atoms with Gasteiger partial charge in [0.2, 0.25) is 5.72 Å². The number of hydrogen-bond acceptors (Lipinski definition) is 5. The van der Waals surface area contributed by atoms with E-state index in [4.69, 9.17) is 9.73 Å². The van der Waals surface area contributed by atoms with Crippen LogP contribution in [0.3, 0.4) is 0 Å². The summed E-state index contributed by atoms with van der Waals surface area (Å²) in [6.45, 7) is 4.41. The lowest BCUT2D eigenvalue weighted by Crippen LogP contribution is -2.61. The molecule has 0 N–H and O–H groups in total. The van der Waals surface area contributed by atoms with Crippen LogP contribution in [0.4, 0.5) is 11.4 Å². The van der Waals surface area contributed by atoms with Crippen LogP contribution in [0.2, 0.25) is 0 Å². The highest BCUT2D eigenvalue weighted by Crippen LogP contribution is 2.53. The number of fused-ring (bicyclic) bond motifs is 4. The molecule has 0 bridgehead atoms. The van der Waals surface area contributed by atoms with Gasteiger partial charge in [0.1, 0.15) is 17.8 Å². The fourth-order valence-electron chi connectivity index (χ4n) is 4.11. The quantitative estimate of drug-likeness (QED) is 0.628. The standard InChI is InChI=1S/C20H18N4O/c1-19(2)14-6-4-5-7-16(14)24(3)20(19)11-22-18-13-10-21-12-23-15(13)8-9-17(18)25-20/h4-12H,1-3H3. The third kappa shape index (κ3) is 1.65. The zero-order valence-corrected chi connectivity index (χ0v) is 14.4. The van der Waals surface area contributed by atoms with Crippen LogP contribution in [-0.4, -0.2) is 29.0 Å². The van der Waals surface area contributed by atoms with Crippen LogP contribution in [0.25, 0.3) is 10.9 Å². The van der Waals surface area contributed by atoms with Crippen molar-refractivity contribution in [1.82, 2.24) is 9.97 Å². The third-order valence-electron chi connectivity index (χ3n) is 5.59. The Morgan fingerprint density at radius 3 is 2.76 bits per heavy atom. The average molecular weight is 330 g/mol. The molecule has 5 heteroatoms. The van der Waals surface area contributed by atoms with Crippen molar-refractivity contribution in [2.75, 3.05) is 11.9 Å². The number of anilines is 1. The van der Waals surface area contributed by atoms with Crippen LogP contribution < -0.4 is 9.64 Å². The highest BCUT2D eigenvalue weighted by atomic mass is 16.5. The maximum atomic E-state index is 6.62. The summed E-state index contributed by atoms with van der Waals surface area (Å²) < 4.78 is 6.62. The SMILES string of the molecule is CN1c2ccccc2C(C)(C)C12C=Nc1c(ccc3ncncc13)O2. The minimum absolute atomic E-state index is 0.248. The summed E-state index contributed by atoms with van der Waals surface area (Å²) in [5, 5.41) is 0.905. The summed E-state index contributed by atoms with van der Waals surface area (Å²) >= 11 is 0. The predicted octanol–water partition coefficient (Wildman–Crippen LogP) is 3.85. The number of benzene rings is 2. The van der Waals surface area contributed by atoms with Crippen LogP contribution >= 0.6 is 0 Å². The van der Waals surface area contributed by atoms with Crippen LogP contribution in [0.5, 0.6) is 5.75 Å². The molecular formula is C20H18N4O. The van der Waals surface area contributed by atoms with Crippen molar-refractivity contribution in [2.45, 2.75) is 25.0 Å². The Kier molecular flexibility index (Phi) is 2.63. The van der Waals surface area contributed by atoms with Crippen LogP contribution in [0.15, 0.2) is 53.9 Å². The van der Waals surface area contributed by atoms with Crippen molar-refractivity contribution in [1.29, 1.82) is 0 Å². The molecule has 25 heavy (non-hydrogen) atoms. The summed E-state index contributed by atoms with van der Waals surface area (Å²) in [6, 6.07) is 12.3. The van der Waals surface area contributed by atoms with Gasteiger partial charge in [-0.3, -0.25) is 4.99 Å². The van der Waals surface area contributed by atoms with E-state index in [1.165, 1.54) is 11.3 Å². The summed E-state index contributed by atoms with van der Waals surface area (Å²) in [7, 11) is 2.06. The van der Waals surface area contributed by atoms with Gasteiger partial charge in [-0.25, -0.2) is 9.97 Å². The number of para-hydroxylation sites is 1. The number of hydrogen-bond donors (Lipinski definition) is 0. The first-order valence-corrected chi connectivity index (χ1v) is 8.35. The maximum absolute atomic E-state index is 6.62. The number of rotatable bonds is 0. The number of aromatic nitrogens is 2. The van der Waals surface area contributed by atoms with Crippen molar-refractivity contribution in [3.05, 3.63) is 54.5 Å². The molecule has 2 aliphatic heterocycles. The van der Waals surface area contributed by atoms with E-state index in [9.17, 15) is 0 Å². The summed E-state index contributed by atoms with van der Waals surface area (Å²) in [6.07, 6.45) is 5.27. The Morgan fingerprint density at radius 1 is 1.08 bits per heavy atom. The highest BCUT2D eigenvalue weighted by Gasteiger charge is 2.58. The van der Waals surface area contributed by atoms with Crippen LogP contribution in [-0.2, 0) is 5.41 Å². The van der Waals surface area contributed by atoms with E-state index in [2.05, 4.69) is 60.0 Å². The van der Waals surface area contributed by atoms with Gasteiger partial charge in [0.15, 0.2) is 0 Å². The van der Waals surface area contributed by atoms with Crippen molar-refractivity contribution in [2.24, 2.45) is 4.99 Å². The van der Waals surface area contributed by atoms with E-state index in [1.54, 1.807) is 12.5 Å². The van der Waals surface area contributed by atoms with Gasteiger partial charge in [0, 0.05) is 24.3 Å². The van der Waals surface area contributed by atoms with Gasteiger partial charge < -0.3 is 9.64 Å². The Morgan fingerprint density at radius 2 is 1.92 bits per heavy atom. The molecule has 3 heterocycles. The van der Waals surface area contributed by atoms with E-state index in [1.807, 2.05) is 18.3 Å². The van der Waals surface area contributed by atoms with Crippen LogP contribution in [0, 0.1) is 0 Å². The van der Waals surface area contributed by atoms with E-state index in [0.717, 1.165) is 22.3 Å². The summed E-state index contributed by atoms with van der Waals surface area (Å²) in [5.74, 6) is 0.762. The van der Waals surface area contributed by atoms with Gasteiger partial charge >= 0.3 is 0 Å². The molecule has 5 rings (SSSR count). The second-order valence-electron chi connectivity index (χ2n) is 7.13. The number of likely N-dealkylation sites (N-methyl/N-ethyl adjacent to an activating group) is 1. The Hall–Kier alpha value is -2.95. The zero-order valence-electron chi connectivity index (χ0n) is 14.4. The van der Waals surface area contributed by atoms with E-state index in [0.29, 0.717) is 0 Å². The minimum atomic E-state index is -0.660. The van der Waals surface area contributed by atoms with Gasteiger partial charge in [-0.2, -0.15) is 0 Å². The smallest absolute Gasteiger partial charge is 0.228 e. The Labute approximate surface area is 146 Å². The fraction of sp³-hybridized carbons (Fsp3) is 0.250. The number of aliphatic imine (C=N–C) groups is 1. The molecule has 0 radical (unpaired) electrons. The highest BCUT2D eigenvalue weighted by molar-refractivity contribution is 5.97. The van der Waals surface area contributed by atoms with Crippen molar-refractivity contribution in [3.8, 4) is 5.75 Å². The van der Waals surface area contributed by atoms with Gasteiger partial charge in [-0.1, -0.05) is 18.2 Å². The molecule has 1 unspecified atom stereocenters. The molecular weight excluding hydrogens is 312 g/mol. The molecule has 1 spiro atoms. The van der Waals surface area contributed by atoms with E-state index < -0.39 is 5.72 Å². The predicted molar refractivity (Wildman–Crippen MR) is 98.9 cm³/mol. The summed E-state index contributed by atoms with van der Waals surface area (Å²) in [4.78, 5) is 15.4. The molecule has 3 aromatic rings. The second-order valence-corrected chi connectivity index (χ2v) is 7.13. The van der Waals surface area contributed by atoms with Gasteiger partial charge in [0.25, 0.3) is 0 Å². The third-order valence-corrected chi connectivity index (χ3v) is 5.59. The van der Waals surface area contributed by atoms with Crippen LogP contribution in [0.1, 0.15) is 19.4 Å². The molecule has 0 aliphatic carbocycles. The number of nitrogens with zero attached hydrogens (tertiary/aromatic N) is 4. The zero-order chi connectivity index (χ0) is 17.2. The van der Waals surface area contributed by atoms with Crippen molar-refractivity contribution in [3.63, 3.8) is 0 Å². The second kappa shape index (κ2) is 4.57. The first-order chi connectivity index (χ1) is 12.0. The first-order valence-electron chi connectivity index (χ1n) is 8.35. The lowest BCUT2D eigenvalue weighted by atomic mass is 9.77. The topological polar surface area (TPSA) is 50.6 Å². The van der Waals surface area contributed by atoms with E-state index >= 15 is 0 Å². The molecule has 2 aromatic carbocycles. The molecule has 5 nitrogen and oxygen atoms in total. The first kappa shape index (κ1) is 14.4. The molecule has 1 atom stereocenters. The monoisotopic (exact) mass is 330 g/mol. The summed E-state index contributed by atoms with van der Waals surface area (Å²) in [5.41, 5.74) is 3.19. The maximum Gasteiger partial charge on any atom is 0.228 e.